The molecule has 3 atom stereocenters. The van der Waals surface area contributed by atoms with Gasteiger partial charge in [-0.05, 0) is 55.1 Å². The molecule has 1 aliphatic carbocycles. The van der Waals surface area contributed by atoms with E-state index in [1.54, 1.807) is 20.2 Å². The van der Waals surface area contributed by atoms with Crippen molar-refractivity contribution in [2.24, 2.45) is 5.92 Å². The summed E-state index contributed by atoms with van der Waals surface area (Å²) in [6.07, 6.45) is 2.40. The van der Waals surface area contributed by atoms with E-state index in [2.05, 4.69) is 5.32 Å². The monoisotopic (exact) mass is 440 g/mol. The Morgan fingerprint density at radius 2 is 1.88 bits per heavy atom. The molecular formula is C24H29FN4O3. The van der Waals surface area contributed by atoms with E-state index in [1.807, 2.05) is 35.3 Å². The molecule has 1 saturated carbocycles. The molecule has 8 heteroatoms. The number of halogens is 1. The van der Waals surface area contributed by atoms with Gasteiger partial charge in [-0.3, -0.25) is 0 Å². The fraction of sp³-hybridized carbons (Fsp3) is 0.458. The molecule has 2 aromatic rings. The van der Waals surface area contributed by atoms with Crippen molar-refractivity contribution in [2.45, 2.75) is 31.3 Å². The van der Waals surface area contributed by atoms with E-state index < -0.39 is 10.8 Å². The van der Waals surface area contributed by atoms with E-state index in [0.29, 0.717) is 12.1 Å². The van der Waals surface area contributed by atoms with Gasteiger partial charge in [0.15, 0.2) is 0 Å². The molecule has 7 nitrogen and oxygen atoms in total. The van der Waals surface area contributed by atoms with Gasteiger partial charge in [0.1, 0.15) is 24.2 Å². The summed E-state index contributed by atoms with van der Waals surface area (Å²) in [5.74, 6) is -0.0914. The smallest absolute Gasteiger partial charge is 0.337 e. The zero-order valence-corrected chi connectivity index (χ0v) is 18.5. The number of ether oxygens (including phenoxy) is 1. The molecule has 32 heavy (non-hydrogen) atoms. The molecular weight excluding hydrogens is 411 g/mol. The Labute approximate surface area is 187 Å². The standard InChI is InChI=1S/C24H29FN4O3/c1-27-28(19-11-12-26-14-19)23(15-29(27,31)24(30)17-3-4-17)21-10-7-18(13-22(21)25)16-5-8-20(32-2)9-6-16/h5-10,13,17,19,23,26H,3-4,11-12,14-15H2,1-2H3. The van der Waals surface area contributed by atoms with E-state index in [1.165, 1.54) is 11.2 Å². The van der Waals surface area contributed by atoms with Crippen molar-refractivity contribution in [2.75, 3.05) is 33.8 Å². The molecule has 3 aliphatic rings. The lowest BCUT2D eigenvalue weighted by Crippen LogP contribution is -2.59. The van der Waals surface area contributed by atoms with Crippen LogP contribution in [0.25, 0.3) is 11.1 Å². The number of nitrogens with zero attached hydrogens (tertiary/aromatic N) is 3. The van der Waals surface area contributed by atoms with Gasteiger partial charge in [-0.2, -0.15) is 9.76 Å². The minimum atomic E-state index is -1.04. The van der Waals surface area contributed by atoms with Crippen molar-refractivity contribution in [3.8, 4) is 16.9 Å². The van der Waals surface area contributed by atoms with Crippen molar-refractivity contribution < 1.29 is 18.7 Å². The normalized spacial score (nSPS) is 28.9. The Kier molecular flexibility index (Phi) is 5.51. The highest BCUT2D eigenvalue weighted by molar-refractivity contribution is 5.74. The van der Waals surface area contributed by atoms with Crippen LogP contribution >= 0.6 is 0 Å². The lowest BCUT2D eigenvalue weighted by atomic mass is 9.98. The summed E-state index contributed by atoms with van der Waals surface area (Å²) in [5.41, 5.74) is 2.10. The zero-order valence-electron chi connectivity index (χ0n) is 18.5. The number of hydrazine groups is 1. The Morgan fingerprint density at radius 1 is 1.16 bits per heavy atom. The average Bonchev–Trinajstić information content (AvgIpc) is 3.45. The predicted molar refractivity (Wildman–Crippen MR) is 118 cm³/mol. The van der Waals surface area contributed by atoms with Gasteiger partial charge in [-0.25, -0.2) is 9.18 Å². The fourth-order valence-electron chi connectivity index (χ4n) is 5.01. The SMILES string of the molecule is COc1ccc(-c2ccc(C3C[N+]([O-])(C(=O)C4CC4)N(C)N3C3CCNC3)c(F)c2)cc1. The molecule has 3 unspecified atom stereocenters. The Hall–Kier alpha value is -2.36. The predicted octanol–water partition coefficient (Wildman–Crippen LogP) is 3.23. The molecule has 2 aliphatic heterocycles. The number of nitrogens with one attached hydrogen (secondary N) is 1. The largest absolute Gasteiger partial charge is 0.603 e. The lowest BCUT2D eigenvalue weighted by molar-refractivity contribution is -0.924. The quantitative estimate of drug-likeness (QED) is 0.569. The second kappa shape index (κ2) is 8.20. The Morgan fingerprint density at radius 3 is 2.47 bits per heavy atom. The minimum absolute atomic E-state index is 0.00113. The molecule has 2 heterocycles. The number of amides is 1. The van der Waals surface area contributed by atoms with Crippen LogP contribution in [0.4, 0.5) is 4.39 Å². The third-order valence-corrected chi connectivity index (χ3v) is 7.00. The number of quaternary nitrogens is 1. The first-order chi connectivity index (χ1) is 15.4. The van der Waals surface area contributed by atoms with Gasteiger partial charge in [0.2, 0.25) is 0 Å². The zero-order chi connectivity index (χ0) is 22.5. The maximum absolute atomic E-state index is 15.5. The van der Waals surface area contributed by atoms with E-state index in [9.17, 15) is 10.0 Å². The molecule has 5 rings (SSSR count). The highest BCUT2D eigenvalue weighted by Crippen LogP contribution is 2.43. The summed E-state index contributed by atoms with van der Waals surface area (Å²) >= 11 is 0. The minimum Gasteiger partial charge on any atom is -0.603 e. The second-order valence-electron chi connectivity index (χ2n) is 8.99. The maximum atomic E-state index is 15.5. The number of methoxy groups -OCH3 is 1. The van der Waals surface area contributed by atoms with E-state index >= 15 is 4.39 Å². The maximum Gasteiger partial charge on any atom is 0.337 e. The van der Waals surface area contributed by atoms with Crippen LogP contribution in [0.1, 0.15) is 30.9 Å². The number of carbonyl (C=O) groups is 1. The van der Waals surface area contributed by atoms with Crippen LogP contribution < -0.4 is 10.1 Å². The molecule has 0 aromatic heterocycles. The van der Waals surface area contributed by atoms with E-state index in [0.717, 1.165) is 42.7 Å². The summed E-state index contributed by atoms with van der Waals surface area (Å²) in [6, 6.07) is 12.2. The number of hydrogen-bond acceptors (Lipinski definition) is 6. The summed E-state index contributed by atoms with van der Waals surface area (Å²) in [6.45, 7) is 1.56. The first-order valence-corrected chi connectivity index (χ1v) is 11.2. The van der Waals surface area contributed by atoms with Crippen LogP contribution in [0.15, 0.2) is 42.5 Å². The summed E-state index contributed by atoms with van der Waals surface area (Å²) in [5, 5.41) is 20.5. The number of rotatable bonds is 5. The summed E-state index contributed by atoms with van der Waals surface area (Å²) in [4.78, 5) is 12.9. The van der Waals surface area contributed by atoms with Crippen LogP contribution in [0, 0.1) is 16.9 Å². The van der Waals surface area contributed by atoms with Gasteiger partial charge in [0, 0.05) is 18.2 Å². The molecule has 1 N–H and O–H groups in total. The van der Waals surface area contributed by atoms with Gasteiger partial charge >= 0.3 is 5.91 Å². The van der Waals surface area contributed by atoms with Gasteiger partial charge in [-0.15, -0.1) is 0 Å². The molecule has 3 fully saturated rings. The van der Waals surface area contributed by atoms with Crippen molar-refractivity contribution in [3.63, 3.8) is 0 Å². The van der Waals surface area contributed by atoms with Crippen LogP contribution in [-0.2, 0) is 4.79 Å². The van der Waals surface area contributed by atoms with Crippen molar-refractivity contribution in [1.82, 2.24) is 15.4 Å². The molecule has 2 aromatic carbocycles. The summed E-state index contributed by atoms with van der Waals surface area (Å²) in [7, 11) is 3.28. The molecule has 0 bridgehead atoms. The van der Waals surface area contributed by atoms with E-state index in [-0.39, 0.29) is 30.2 Å². The summed E-state index contributed by atoms with van der Waals surface area (Å²) < 4.78 is 19.6. The van der Waals surface area contributed by atoms with Gasteiger partial charge < -0.3 is 15.3 Å². The highest BCUT2D eigenvalue weighted by atomic mass is 19.1. The molecule has 2 saturated heterocycles. The number of hydrogen-bond donors (Lipinski definition) is 1. The van der Waals surface area contributed by atoms with Gasteiger partial charge in [0.25, 0.3) is 0 Å². The highest BCUT2D eigenvalue weighted by Gasteiger charge is 2.55. The third kappa shape index (κ3) is 3.62. The van der Waals surface area contributed by atoms with Crippen LogP contribution in [-0.4, -0.2) is 60.6 Å². The van der Waals surface area contributed by atoms with Crippen molar-refractivity contribution in [3.05, 3.63) is 59.1 Å². The molecule has 170 valence electrons. The van der Waals surface area contributed by atoms with Crippen molar-refractivity contribution >= 4 is 5.91 Å². The van der Waals surface area contributed by atoms with Crippen LogP contribution in [0.3, 0.4) is 0 Å². The lowest BCUT2D eigenvalue weighted by Gasteiger charge is -2.42. The first-order valence-electron chi connectivity index (χ1n) is 11.2. The second-order valence-corrected chi connectivity index (χ2v) is 8.99. The first kappa shape index (κ1) is 21.5. The third-order valence-electron chi connectivity index (χ3n) is 7.00. The number of benzene rings is 2. The Balaban J connectivity index is 1.48. The molecule has 0 radical (unpaired) electrons. The fourth-order valence-corrected chi connectivity index (χ4v) is 5.01. The average molecular weight is 441 g/mol. The van der Waals surface area contributed by atoms with Gasteiger partial charge in [0.05, 0.1) is 20.1 Å². The number of hydroxylamine groups is 2. The van der Waals surface area contributed by atoms with E-state index in [4.69, 9.17) is 4.74 Å². The molecule has 0 spiro atoms. The Bertz CT molecular complexity index is 1010. The van der Waals surface area contributed by atoms with Crippen LogP contribution in [0.5, 0.6) is 5.75 Å². The van der Waals surface area contributed by atoms with Crippen molar-refractivity contribution in [1.29, 1.82) is 0 Å². The topological polar surface area (TPSA) is 67.9 Å². The van der Waals surface area contributed by atoms with Crippen LogP contribution in [0.2, 0.25) is 0 Å². The van der Waals surface area contributed by atoms with Gasteiger partial charge in [-0.1, -0.05) is 29.4 Å². The number of carbonyl (C=O) groups excluding carboxylic acids is 1. The molecule has 1 amide bonds.